The fourth-order valence-corrected chi connectivity index (χ4v) is 8.05. The minimum Gasteiger partial charge on any atom is -0.385 e. The molecule has 224 valence electrons. The molecule has 40 heavy (non-hydrogen) atoms. The summed E-state index contributed by atoms with van der Waals surface area (Å²) in [5.41, 5.74) is -1.93. The maximum atomic E-state index is 12.8. The first-order valence-corrected chi connectivity index (χ1v) is 14.0. The van der Waals surface area contributed by atoms with E-state index in [0.717, 1.165) is 36.0 Å². The molecule has 0 bridgehead atoms. The summed E-state index contributed by atoms with van der Waals surface area (Å²) in [5.74, 6) is 0.0166. The van der Waals surface area contributed by atoms with Crippen molar-refractivity contribution in [3.05, 3.63) is 64.8 Å². The number of hydrogen-bond acceptors (Lipinski definition) is 5. The van der Waals surface area contributed by atoms with Crippen LogP contribution in [0.1, 0.15) is 70.3 Å². The van der Waals surface area contributed by atoms with Gasteiger partial charge in [-0.05, 0) is 97.8 Å². The van der Waals surface area contributed by atoms with Gasteiger partial charge in [0.2, 0.25) is 0 Å². The van der Waals surface area contributed by atoms with E-state index in [0.29, 0.717) is 25.7 Å². The van der Waals surface area contributed by atoms with Crippen molar-refractivity contribution in [1.29, 1.82) is 0 Å². The normalized spacial score (nSPS) is 31.3. The lowest BCUT2D eigenvalue weighted by Crippen LogP contribution is -2.52. The van der Waals surface area contributed by atoms with Gasteiger partial charge in [0, 0.05) is 17.8 Å². The maximum Gasteiger partial charge on any atom is 0.534 e. The van der Waals surface area contributed by atoms with Gasteiger partial charge >= 0.3 is 15.6 Å². The Balaban J connectivity index is 0.00000187. The lowest BCUT2D eigenvalue weighted by atomic mass is 9.50. The highest BCUT2D eigenvalue weighted by Gasteiger charge is 2.63. The molecule has 0 heterocycles. The van der Waals surface area contributed by atoms with Crippen molar-refractivity contribution in [1.82, 2.24) is 0 Å². The van der Waals surface area contributed by atoms with Gasteiger partial charge in [0.1, 0.15) is 5.75 Å². The van der Waals surface area contributed by atoms with Crippen LogP contribution in [0.2, 0.25) is 0 Å². The number of benzene rings is 1. The number of hydrogen-bond donors (Lipinski definition) is 1. The lowest BCUT2D eigenvalue weighted by molar-refractivity contribution is -0.114. The van der Waals surface area contributed by atoms with E-state index in [1.807, 2.05) is 6.92 Å². The quantitative estimate of drug-likeness (QED) is 0.233. The Morgan fingerprint density at radius 3 is 2.27 bits per heavy atom. The Kier molecular flexibility index (Phi) is 10.2. The van der Waals surface area contributed by atoms with Gasteiger partial charge in [-0.1, -0.05) is 31.2 Å². The lowest BCUT2D eigenvalue weighted by Gasteiger charge is -2.55. The summed E-state index contributed by atoms with van der Waals surface area (Å²) in [6.45, 7) is 8.09. The van der Waals surface area contributed by atoms with Crippen LogP contribution < -0.4 is 4.18 Å². The topological polar surface area (TPSA) is 80.7 Å². The Bertz CT molecular complexity index is 1340. The van der Waals surface area contributed by atoms with Crippen LogP contribution in [-0.4, -0.2) is 30.4 Å². The number of carbonyl (C=O) groups is 1. The van der Waals surface area contributed by atoms with Crippen LogP contribution in [0.15, 0.2) is 59.2 Å². The summed E-state index contributed by atoms with van der Waals surface area (Å²) in [6.07, 6.45) is 6.64. The minimum atomic E-state index is -5.77. The average Bonchev–Trinajstić information content (AvgIpc) is 3.09. The number of rotatable bonds is 4. The number of ketones is 1. The summed E-state index contributed by atoms with van der Waals surface area (Å²) in [7, 11) is -5.77. The Labute approximate surface area is 254 Å². The molecule has 5 nitrogen and oxygen atoms in total. The van der Waals surface area contributed by atoms with E-state index in [4.69, 9.17) is 0 Å². The zero-order valence-corrected chi connectivity index (χ0v) is 26.2. The van der Waals surface area contributed by atoms with Gasteiger partial charge in [-0.15, -0.1) is 0 Å². The van der Waals surface area contributed by atoms with Crippen LogP contribution in [0.5, 0.6) is 5.75 Å². The molecule has 0 saturated heterocycles. The first-order valence-electron chi connectivity index (χ1n) is 12.6. The van der Waals surface area contributed by atoms with Gasteiger partial charge in [-0.2, -0.15) is 62.1 Å². The molecular weight excluding hydrogens is 602 g/mol. The smallest absolute Gasteiger partial charge is 0.385 e. The number of halogens is 3. The van der Waals surface area contributed by atoms with E-state index in [-0.39, 0.29) is 64.0 Å². The monoisotopic (exact) mass is 638 g/mol. The second-order valence-electron chi connectivity index (χ2n) is 11.2. The number of aliphatic hydroxyl groups is 1. The largest absolute Gasteiger partial charge is 0.534 e. The predicted octanol–water partition coefficient (Wildman–Crippen LogP) is 6.46. The van der Waals surface area contributed by atoms with Gasteiger partial charge in [-0.3, -0.25) is 4.79 Å². The van der Waals surface area contributed by atoms with E-state index in [1.54, 1.807) is 18.2 Å². The molecule has 12 heteroatoms. The molecule has 2 saturated carbocycles. The third kappa shape index (κ3) is 5.43. The molecule has 5 rings (SSSR count). The Hall–Kier alpha value is -1.34. The van der Waals surface area contributed by atoms with Crippen LogP contribution in [0.4, 0.5) is 13.2 Å². The van der Waals surface area contributed by atoms with Gasteiger partial charge in [-0.25, -0.2) is 0 Å². The second-order valence-corrected chi connectivity index (χ2v) is 12.8. The Morgan fingerprint density at radius 2 is 1.70 bits per heavy atom. The fraction of sp³-hybridized carbons (Fsp3) is 0.536. The van der Waals surface area contributed by atoms with Crippen molar-refractivity contribution in [3.8, 4) is 5.75 Å². The molecule has 0 radical (unpaired) electrons. The first-order chi connectivity index (χ1) is 17.2. The van der Waals surface area contributed by atoms with Crippen molar-refractivity contribution >= 4 is 56.4 Å². The average molecular weight is 639 g/mol. The molecule has 0 aliphatic heterocycles. The molecule has 0 amide bonds. The SMILES string of the molecule is C=C(C)[C@]1(O)CC[C@H]2[C@@H]3CCC4=CC(=O)CCC4=C3[C@@H](c3ccc(OS(=O)(=O)C(F)(F)F)cc3)C[C@@]21C.S.S.S. The van der Waals surface area contributed by atoms with Crippen LogP contribution in [0, 0.1) is 17.3 Å². The van der Waals surface area contributed by atoms with Crippen molar-refractivity contribution in [2.75, 3.05) is 0 Å². The molecule has 1 aromatic carbocycles. The van der Waals surface area contributed by atoms with Gasteiger partial charge in [0.15, 0.2) is 5.78 Å². The zero-order valence-electron chi connectivity index (χ0n) is 22.4. The van der Waals surface area contributed by atoms with Crippen LogP contribution in [-0.2, 0) is 14.9 Å². The fourth-order valence-electron chi connectivity index (χ4n) is 7.59. The summed E-state index contributed by atoms with van der Waals surface area (Å²) in [5, 5.41) is 11.8. The minimum absolute atomic E-state index is 0. The number of allylic oxidation sites excluding steroid dienone is 4. The number of alkyl halides is 3. The molecule has 1 aromatic rings. The van der Waals surface area contributed by atoms with Crippen LogP contribution in [0.25, 0.3) is 0 Å². The highest BCUT2D eigenvalue weighted by Crippen LogP contribution is 2.67. The molecule has 5 atom stereocenters. The van der Waals surface area contributed by atoms with Crippen molar-refractivity contribution in [3.63, 3.8) is 0 Å². The summed E-state index contributed by atoms with van der Waals surface area (Å²) >= 11 is 0. The molecule has 1 N–H and O–H groups in total. The Morgan fingerprint density at radius 1 is 1.07 bits per heavy atom. The van der Waals surface area contributed by atoms with E-state index >= 15 is 0 Å². The van der Waals surface area contributed by atoms with Crippen molar-refractivity contribution < 1.29 is 35.7 Å². The molecule has 2 fully saturated rings. The van der Waals surface area contributed by atoms with Gasteiger partial charge in [0.05, 0.1) is 5.60 Å². The van der Waals surface area contributed by atoms with Crippen LogP contribution >= 0.6 is 40.5 Å². The van der Waals surface area contributed by atoms with Gasteiger partial charge < -0.3 is 9.29 Å². The molecular formula is C28H37F3O5S4. The highest BCUT2D eigenvalue weighted by molar-refractivity contribution is 7.88. The summed E-state index contributed by atoms with van der Waals surface area (Å²) < 4.78 is 65.6. The molecule has 4 aliphatic carbocycles. The molecule has 0 aromatic heterocycles. The maximum absolute atomic E-state index is 12.8. The second kappa shape index (κ2) is 11.7. The zero-order chi connectivity index (χ0) is 27.0. The summed E-state index contributed by atoms with van der Waals surface area (Å²) in [4.78, 5) is 12.2. The highest BCUT2D eigenvalue weighted by atomic mass is 32.2. The number of carbonyl (C=O) groups excluding carboxylic acids is 1. The van der Waals surface area contributed by atoms with Crippen molar-refractivity contribution in [2.24, 2.45) is 17.3 Å². The van der Waals surface area contributed by atoms with E-state index in [9.17, 15) is 31.5 Å². The van der Waals surface area contributed by atoms with E-state index in [1.165, 1.54) is 23.3 Å². The standard InChI is InChI=1S/C28H31F3O5S.3H2S/c1-16(2)27(33)13-12-24-22-10-6-18-14-19(32)7-11-21(18)25(22)23(15-26(24,27)3)17-4-8-20(9-5-17)36-37(34,35)28(29,30)31;;;/h4-5,8-9,14,22-24,33H,1,6-7,10-13,15H2,2-3H3;3*1H2/t22-,23+,24-,26-,27+;;;/m0.../s1. The van der Waals surface area contributed by atoms with Crippen LogP contribution in [0.3, 0.4) is 0 Å². The van der Waals surface area contributed by atoms with Crippen molar-refractivity contribution in [2.45, 2.75) is 75.8 Å². The molecule has 4 aliphatic rings. The van der Waals surface area contributed by atoms with Gasteiger partial charge in [0.25, 0.3) is 0 Å². The van der Waals surface area contributed by atoms with E-state index < -0.39 is 32.4 Å². The van der Waals surface area contributed by atoms with E-state index in [2.05, 4.69) is 17.7 Å². The first kappa shape index (κ1) is 34.9. The predicted molar refractivity (Wildman–Crippen MR) is 163 cm³/mol. The number of fused-ring (bicyclic) bond motifs is 4. The third-order valence-corrected chi connectivity index (χ3v) is 10.3. The molecule has 0 unspecified atom stereocenters. The molecule has 0 spiro atoms. The third-order valence-electron chi connectivity index (χ3n) is 9.36. The summed E-state index contributed by atoms with van der Waals surface area (Å²) in [6, 6.07) is 5.72.